The summed E-state index contributed by atoms with van der Waals surface area (Å²) in [5, 5.41) is 17.4. The van der Waals surface area contributed by atoms with Gasteiger partial charge in [0.05, 0.1) is 31.3 Å². The molecule has 5 heteroatoms. The van der Waals surface area contributed by atoms with Gasteiger partial charge < -0.3 is 5.73 Å². The molecule has 0 spiro atoms. The summed E-state index contributed by atoms with van der Waals surface area (Å²) in [5.41, 5.74) is 6.03. The maximum absolute atomic E-state index is 13.6. The number of nitrogens with zero attached hydrogens (tertiary/aromatic N) is 3. The second-order valence-corrected chi connectivity index (χ2v) is 3.49. The van der Waals surface area contributed by atoms with Crippen LogP contribution in [0.5, 0.6) is 0 Å². The van der Waals surface area contributed by atoms with Crippen LogP contribution in [0.2, 0.25) is 0 Å². The SMILES string of the molecule is N#CCN(CC#N)C(CN)c1ccccc1F. The topological polar surface area (TPSA) is 76.8 Å². The molecule has 1 aromatic rings. The molecule has 0 aliphatic rings. The largest absolute Gasteiger partial charge is 0.329 e. The van der Waals surface area contributed by atoms with Crippen LogP contribution in [0.4, 0.5) is 4.39 Å². The van der Waals surface area contributed by atoms with E-state index in [2.05, 4.69) is 0 Å². The van der Waals surface area contributed by atoms with Gasteiger partial charge in [-0.15, -0.1) is 0 Å². The molecule has 4 nitrogen and oxygen atoms in total. The maximum Gasteiger partial charge on any atom is 0.128 e. The molecule has 0 heterocycles. The molecule has 1 aromatic carbocycles. The zero-order chi connectivity index (χ0) is 12.7. The van der Waals surface area contributed by atoms with Crippen molar-refractivity contribution in [3.63, 3.8) is 0 Å². The smallest absolute Gasteiger partial charge is 0.128 e. The Balaban J connectivity index is 3.01. The number of nitriles is 2. The first-order valence-corrected chi connectivity index (χ1v) is 5.17. The van der Waals surface area contributed by atoms with Crippen molar-refractivity contribution in [2.75, 3.05) is 19.6 Å². The van der Waals surface area contributed by atoms with Crippen LogP contribution in [-0.2, 0) is 0 Å². The highest BCUT2D eigenvalue weighted by atomic mass is 19.1. The summed E-state index contributed by atoms with van der Waals surface area (Å²) >= 11 is 0. The van der Waals surface area contributed by atoms with Gasteiger partial charge in [-0.3, -0.25) is 4.90 Å². The fraction of sp³-hybridized carbons (Fsp3) is 0.333. The molecule has 0 bridgehead atoms. The first-order valence-electron chi connectivity index (χ1n) is 5.17. The summed E-state index contributed by atoms with van der Waals surface area (Å²) in [6, 6.07) is 9.72. The van der Waals surface area contributed by atoms with Crippen LogP contribution in [0, 0.1) is 28.5 Å². The minimum atomic E-state index is -0.449. The van der Waals surface area contributed by atoms with E-state index in [1.54, 1.807) is 23.1 Å². The quantitative estimate of drug-likeness (QED) is 0.773. The van der Waals surface area contributed by atoms with Crippen molar-refractivity contribution in [1.29, 1.82) is 10.5 Å². The molecule has 0 aliphatic carbocycles. The Morgan fingerprint density at radius 2 is 1.82 bits per heavy atom. The highest BCUT2D eigenvalue weighted by Crippen LogP contribution is 2.21. The monoisotopic (exact) mass is 232 g/mol. The van der Waals surface area contributed by atoms with Gasteiger partial charge in [-0.05, 0) is 6.07 Å². The third-order valence-corrected chi connectivity index (χ3v) is 2.48. The van der Waals surface area contributed by atoms with E-state index < -0.39 is 6.04 Å². The molecule has 17 heavy (non-hydrogen) atoms. The highest BCUT2D eigenvalue weighted by molar-refractivity contribution is 5.22. The van der Waals surface area contributed by atoms with Gasteiger partial charge >= 0.3 is 0 Å². The molecular formula is C12H13FN4. The van der Waals surface area contributed by atoms with Gasteiger partial charge in [-0.2, -0.15) is 10.5 Å². The van der Waals surface area contributed by atoms with E-state index in [1.807, 2.05) is 12.1 Å². The van der Waals surface area contributed by atoms with E-state index in [0.717, 1.165) is 0 Å². The van der Waals surface area contributed by atoms with E-state index >= 15 is 0 Å². The molecular weight excluding hydrogens is 219 g/mol. The van der Waals surface area contributed by atoms with Crippen LogP contribution in [0.3, 0.4) is 0 Å². The lowest BCUT2D eigenvalue weighted by molar-refractivity contribution is 0.248. The molecule has 88 valence electrons. The summed E-state index contributed by atoms with van der Waals surface area (Å²) in [6.45, 7) is 0.248. The van der Waals surface area contributed by atoms with Crippen LogP contribution in [0.25, 0.3) is 0 Å². The minimum Gasteiger partial charge on any atom is -0.329 e. The van der Waals surface area contributed by atoms with Crippen molar-refractivity contribution in [1.82, 2.24) is 4.90 Å². The minimum absolute atomic E-state index is 0.0454. The zero-order valence-electron chi connectivity index (χ0n) is 9.31. The van der Waals surface area contributed by atoms with Gasteiger partial charge in [-0.25, -0.2) is 4.39 Å². The Morgan fingerprint density at radius 1 is 1.24 bits per heavy atom. The van der Waals surface area contributed by atoms with Crippen molar-refractivity contribution >= 4 is 0 Å². The molecule has 1 atom stereocenters. The molecule has 0 amide bonds. The van der Waals surface area contributed by atoms with Gasteiger partial charge in [0.15, 0.2) is 0 Å². The summed E-state index contributed by atoms with van der Waals surface area (Å²) in [5.74, 6) is -0.371. The van der Waals surface area contributed by atoms with E-state index in [4.69, 9.17) is 16.3 Å². The Bertz CT molecular complexity index is 431. The van der Waals surface area contributed by atoms with Crippen LogP contribution in [0.1, 0.15) is 11.6 Å². The first kappa shape index (κ1) is 13.1. The van der Waals surface area contributed by atoms with Crippen LogP contribution in [-0.4, -0.2) is 24.5 Å². The number of rotatable bonds is 5. The molecule has 0 aliphatic heterocycles. The number of hydrogen-bond donors (Lipinski definition) is 1. The second kappa shape index (κ2) is 6.59. The zero-order valence-corrected chi connectivity index (χ0v) is 9.31. The molecule has 0 aromatic heterocycles. The van der Waals surface area contributed by atoms with Gasteiger partial charge in [-0.1, -0.05) is 18.2 Å². The van der Waals surface area contributed by atoms with E-state index in [1.165, 1.54) is 6.07 Å². The Kier molecular flexibility index (Phi) is 5.09. The summed E-state index contributed by atoms with van der Waals surface area (Å²) in [4.78, 5) is 1.55. The maximum atomic E-state index is 13.6. The molecule has 1 unspecified atom stereocenters. The van der Waals surface area contributed by atoms with Gasteiger partial charge in [0.1, 0.15) is 5.82 Å². The number of halogens is 1. The lowest BCUT2D eigenvalue weighted by Crippen LogP contribution is -2.35. The molecule has 0 saturated heterocycles. The van der Waals surface area contributed by atoms with Gasteiger partial charge in [0, 0.05) is 12.1 Å². The van der Waals surface area contributed by atoms with E-state index in [9.17, 15) is 4.39 Å². The lowest BCUT2D eigenvalue weighted by atomic mass is 10.0. The predicted molar refractivity (Wildman–Crippen MR) is 61.0 cm³/mol. The lowest BCUT2D eigenvalue weighted by Gasteiger charge is -2.26. The van der Waals surface area contributed by atoms with E-state index in [-0.39, 0.29) is 25.5 Å². The van der Waals surface area contributed by atoms with Crippen molar-refractivity contribution in [2.24, 2.45) is 5.73 Å². The second-order valence-electron chi connectivity index (χ2n) is 3.49. The molecule has 0 fully saturated rings. The predicted octanol–water partition coefficient (Wildman–Crippen LogP) is 1.17. The Hall–Kier alpha value is -1.95. The average molecular weight is 232 g/mol. The Morgan fingerprint density at radius 3 is 2.29 bits per heavy atom. The van der Waals surface area contributed by atoms with Crippen molar-refractivity contribution in [3.8, 4) is 12.1 Å². The first-order chi connectivity index (χ1) is 8.24. The van der Waals surface area contributed by atoms with Gasteiger partial charge in [0.2, 0.25) is 0 Å². The molecule has 2 N–H and O–H groups in total. The third-order valence-electron chi connectivity index (χ3n) is 2.48. The number of hydrogen-bond acceptors (Lipinski definition) is 4. The van der Waals surface area contributed by atoms with Crippen LogP contribution < -0.4 is 5.73 Å². The highest BCUT2D eigenvalue weighted by Gasteiger charge is 2.21. The van der Waals surface area contributed by atoms with Crippen molar-refractivity contribution in [3.05, 3.63) is 35.6 Å². The molecule has 0 saturated carbocycles. The number of nitrogens with two attached hydrogens (primary N) is 1. The summed E-state index contributed by atoms with van der Waals surface area (Å²) < 4.78 is 13.6. The molecule has 1 rings (SSSR count). The summed E-state index contributed by atoms with van der Waals surface area (Å²) in [7, 11) is 0. The summed E-state index contributed by atoms with van der Waals surface area (Å²) in [6.07, 6.45) is 0. The fourth-order valence-electron chi connectivity index (χ4n) is 1.68. The third kappa shape index (κ3) is 3.25. The van der Waals surface area contributed by atoms with Crippen molar-refractivity contribution in [2.45, 2.75) is 6.04 Å². The van der Waals surface area contributed by atoms with Crippen molar-refractivity contribution < 1.29 is 4.39 Å². The average Bonchev–Trinajstić information content (AvgIpc) is 2.33. The molecule has 0 radical (unpaired) electrons. The van der Waals surface area contributed by atoms with Gasteiger partial charge in [0.25, 0.3) is 0 Å². The van der Waals surface area contributed by atoms with Crippen LogP contribution >= 0.6 is 0 Å². The van der Waals surface area contributed by atoms with Crippen LogP contribution in [0.15, 0.2) is 24.3 Å². The fourth-order valence-corrected chi connectivity index (χ4v) is 1.68. The Labute approximate surface area is 99.7 Å². The number of benzene rings is 1. The standard InChI is InChI=1S/C12H13FN4/c13-11-4-2-1-3-10(11)12(9-16)17(7-5-14)8-6-15/h1-4,12H,7-9,16H2. The normalized spacial score (nSPS) is 11.8. The van der Waals surface area contributed by atoms with E-state index in [0.29, 0.717) is 5.56 Å².